The van der Waals surface area contributed by atoms with Gasteiger partial charge in [-0.15, -0.1) is 0 Å². The Balaban J connectivity index is 2.54. The normalized spacial score (nSPS) is 12.2. The number of hydrogen-bond donors (Lipinski definition) is 1. The van der Waals surface area contributed by atoms with Crippen molar-refractivity contribution in [2.75, 3.05) is 0 Å². The van der Waals surface area contributed by atoms with Gasteiger partial charge in [0.05, 0.1) is 5.60 Å². The Bertz CT molecular complexity index is 345. The first-order valence-corrected chi connectivity index (χ1v) is 7.64. The molecule has 19 heavy (non-hydrogen) atoms. The molecule has 0 spiro atoms. The molecular formula is C18H28O. The van der Waals surface area contributed by atoms with Gasteiger partial charge in [-0.3, -0.25) is 0 Å². The maximum Gasteiger partial charge on any atom is 0.0682 e. The van der Waals surface area contributed by atoms with E-state index in [1.54, 1.807) is 0 Å². The molecule has 0 radical (unpaired) electrons. The number of aliphatic hydroxyl groups is 1. The zero-order valence-corrected chi connectivity index (χ0v) is 12.4. The summed E-state index contributed by atoms with van der Waals surface area (Å²) >= 11 is 0. The van der Waals surface area contributed by atoms with Crippen LogP contribution in [0.4, 0.5) is 0 Å². The van der Waals surface area contributed by atoms with Gasteiger partial charge < -0.3 is 5.11 Å². The predicted octanol–water partition coefficient (Wildman–Crippen LogP) is 5.20. The third-order valence-corrected chi connectivity index (χ3v) is 3.60. The molecule has 106 valence electrons. The molecule has 1 rings (SSSR count). The maximum atomic E-state index is 10.7. The molecule has 0 saturated carbocycles. The first-order chi connectivity index (χ1) is 9.20. The molecule has 1 aromatic rings. The first kappa shape index (κ1) is 16.0. The molecule has 0 bridgehead atoms. The summed E-state index contributed by atoms with van der Waals surface area (Å²) in [7, 11) is 0. The molecule has 0 saturated heterocycles. The van der Waals surface area contributed by atoms with Crippen LogP contribution in [-0.2, 0) is 0 Å². The van der Waals surface area contributed by atoms with Gasteiger partial charge in [-0.2, -0.15) is 0 Å². The minimum absolute atomic E-state index is 0.503. The molecule has 0 unspecified atom stereocenters. The van der Waals surface area contributed by atoms with Crippen LogP contribution in [0.1, 0.15) is 64.4 Å². The Morgan fingerprint density at radius 2 is 1.58 bits per heavy atom. The van der Waals surface area contributed by atoms with E-state index in [1.165, 1.54) is 5.56 Å². The number of rotatable bonds is 9. The monoisotopic (exact) mass is 260 g/mol. The number of hydrogen-bond acceptors (Lipinski definition) is 1. The van der Waals surface area contributed by atoms with E-state index < -0.39 is 5.60 Å². The summed E-state index contributed by atoms with van der Waals surface area (Å²) in [5.74, 6) is 0. The molecule has 0 fully saturated rings. The summed E-state index contributed by atoms with van der Waals surface area (Å²) in [5.41, 5.74) is 0.702. The molecule has 1 nitrogen and oxygen atoms in total. The van der Waals surface area contributed by atoms with Crippen LogP contribution in [0.5, 0.6) is 0 Å². The second kappa shape index (κ2) is 8.92. The van der Waals surface area contributed by atoms with E-state index >= 15 is 0 Å². The zero-order valence-electron chi connectivity index (χ0n) is 12.4. The van der Waals surface area contributed by atoms with E-state index in [-0.39, 0.29) is 0 Å². The van der Waals surface area contributed by atoms with Crippen molar-refractivity contribution in [1.82, 2.24) is 0 Å². The van der Waals surface area contributed by atoms with Crippen molar-refractivity contribution in [3.05, 3.63) is 42.0 Å². The molecule has 0 aliphatic carbocycles. The largest absolute Gasteiger partial charge is 0.390 e. The molecule has 0 amide bonds. The van der Waals surface area contributed by atoms with Gasteiger partial charge in [0, 0.05) is 0 Å². The molecule has 0 aliphatic rings. The van der Waals surface area contributed by atoms with Crippen LogP contribution in [0.15, 0.2) is 36.4 Å². The van der Waals surface area contributed by atoms with Crippen LogP contribution in [0.25, 0.3) is 6.08 Å². The summed E-state index contributed by atoms with van der Waals surface area (Å²) in [6.45, 7) is 4.36. The lowest BCUT2D eigenvalue weighted by molar-refractivity contribution is 0.0216. The van der Waals surface area contributed by atoms with Crippen molar-refractivity contribution in [2.45, 2.75) is 64.4 Å². The van der Waals surface area contributed by atoms with Crippen molar-refractivity contribution < 1.29 is 5.11 Å². The van der Waals surface area contributed by atoms with Crippen LogP contribution in [0, 0.1) is 0 Å². The fourth-order valence-corrected chi connectivity index (χ4v) is 2.32. The minimum atomic E-state index is -0.503. The van der Waals surface area contributed by atoms with E-state index in [0.717, 1.165) is 44.9 Å². The third kappa shape index (κ3) is 6.58. The summed E-state index contributed by atoms with van der Waals surface area (Å²) in [4.78, 5) is 0. The second-order valence-corrected chi connectivity index (χ2v) is 5.45. The fraction of sp³-hybridized carbons (Fsp3) is 0.556. The standard InChI is InChI=1S/C18H28O/c1-3-5-14-18(19,15-6-4-2)16-10-13-17-11-8-7-9-12-17/h7-13,19H,3-6,14-16H2,1-2H3/b13-10+. The predicted molar refractivity (Wildman–Crippen MR) is 84.1 cm³/mol. The van der Waals surface area contributed by atoms with E-state index in [4.69, 9.17) is 0 Å². The highest BCUT2D eigenvalue weighted by Gasteiger charge is 2.23. The van der Waals surface area contributed by atoms with Crippen molar-refractivity contribution >= 4 is 6.08 Å². The molecule has 1 heteroatoms. The van der Waals surface area contributed by atoms with Crippen LogP contribution in [0.2, 0.25) is 0 Å². The number of unbranched alkanes of at least 4 members (excludes halogenated alkanes) is 2. The average Bonchev–Trinajstić information content (AvgIpc) is 2.44. The van der Waals surface area contributed by atoms with Crippen LogP contribution in [-0.4, -0.2) is 10.7 Å². The average molecular weight is 260 g/mol. The summed E-state index contributed by atoms with van der Waals surface area (Å²) in [5, 5.41) is 10.7. The highest BCUT2D eigenvalue weighted by atomic mass is 16.3. The second-order valence-electron chi connectivity index (χ2n) is 5.45. The van der Waals surface area contributed by atoms with E-state index in [2.05, 4.69) is 38.1 Å². The molecule has 0 heterocycles. The van der Waals surface area contributed by atoms with E-state index in [0.29, 0.717) is 0 Å². The molecular weight excluding hydrogens is 232 g/mol. The molecule has 1 N–H and O–H groups in total. The Kier molecular flexibility index (Phi) is 7.50. The van der Waals surface area contributed by atoms with Crippen LogP contribution >= 0.6 is 0 Å². The van der Waals surface area contributed by atoms with Gasteiger partial charge in [0.25, 0.3) is 0 Å². The maximum absolute atomic E-state index is 10.7. The fourth-order valence-electron chi connectivity index (χ4n) is 2.32. The lowest BCUT2D eigenvalue weighted by Gasteiger charge is -2.27. The van der Waals surface area contributed by atoms with Gasteiger partial charge in [0.2, 0.25) is 0 Å². The quantitative estimate of drug-likeness (QED) is 0.647. The lowest BCUT2D eigenvalue weighted by atomic mass is 9.87. The summed E-state index contributed by atoms with van der Waals surface area (Å²) < 4.78 is 0. The highest BCUT2D eigenvalue weighted by Crippen LogP contribution is 2.26. The number of benzene rings is 1. The highest BCUT2D eigenvalue weighted by molar-refractivity contribution is 5.48. The Labute approximate surface area is 118 Å². The lowest BCUT2D eigenvalue weighted by Crippen LogP contribution is -2.27. The SMILES string of the molecule is CCCCC(O)(C/C=C/c1ccccc1)CCCC. The Hall–Kier alpha value is -1.08. The Morgan fingerprint density at radius 1 is 1.00 bits per heavy atom. The van der Waals surface area contributed by atoms with Crippen molar-refractivity contribution in [1.29, 1.82) is 0 Å². The van der Waals surface area contributed by atoms with Crippen molar-refractivity contribution in [2.24, 2.45) is 0 Å². The molecule has 1 aromatic carbocycles. The molecule has 0 atom stereocenters. The van der Waals surface area contributed by atoms with Gasteiger partial charge >= 0.3 is 0 Å². The van der Waals surface area contributed by atoms with Gasteiger partial charge in [-0.05, 0) is 24.8 Å². The minimum Gasteiger partial charge on any atom is -0.390 e. The van der Waals surface area contributed by atoms with E-state index in [1.807, 2.05) is 18.2 Å². The van der Waals surface area contributed by atoms with Crippen LogP contribution in [0.3, 0.4) is 0 Å². The van der Waals surface area contributed by atoms with Gasteiger partial charge in [0.1, 0.15) is 0 Å². The van der Waals surface area contributed by atoms with Crippen molar-refractivity contribution in [3.63, 3.8) is 0 Å². The Morgan fingerprint density at radius 3 is 2.11 bits per heavy atom. The van der Waals surface area contributed by atoms with Gasteiger partial charge in [0.15, 0.2) is 0 Å². The smallest absolute Gasteiger partial charge is 0.0682 e. The zero-order chi connectivity index (χ0) is 14.0. The van der Waals surface area contributed by atoms with Crippen LogP contribution < -0.4 is 0 Å². The topological polar surface area (TPSA) is 20.2 Å². The van der Waals surface area contributed by atoms with Gasteiger partial charge in [-0.1, -0.05) is 82.0 Å². The first-order valence-electron chi connectivity index (χ1n) is 7.64. The van der Waals surface area contributed by atoms with Gasteiger partial charge in [-0.25, -0.2) is 0 Å². The van der Waals surface area contributed by atoms with Crippen molar-refractivity contribution in [3.8, 4) is 0 Å². The molecule has 0 aromatic heterocycles. The third-order valence-electron chi connectivity index (χ3n) is 3.60. The van der Waals surface area contributed by atoms with E-state index in [9.17, 15) is 5.11 Å². The molecule has 0 aliphatic heterocycles. The summed E-state index contributed by atoms with van der Waals surface area (Å²) in [6.07, 6.45) is 11.4. The summed E-state index contributed by atoms with van der Waals surface area (Å²) in [6, 6.07) is 10.3.